The van der Waals surface area contributed by atoms with Crippen molar-refractivity contribution in [2.75, 3.05) is 13.2 Å². The molecule has 6 atom stereocenters. The van der Waals surface area contributed by atoms with E-state index >= 15 is 0 Å². The van der Waals surface area contributed by atoms with Crippen molar-refractivity contribution in [3.8, 4) is 0 Å². The number of hydrogen-bond donors (Lipinski definition) is 0. The van der Waals surface area contributed by atoms with Crippen LogP contribution in [-0.4, -0.2) is 37.6 Å². The maximum absolute atomic E-state index is 5.90. The molecule has 3 heteroatoms. The molecule has 0 amide bonds. The molecule has 2 aliphatic heterocycles. The van der Waals surface area contributed by atoms with E-state index in [0.29, 0.717) is 24.4 Å². The molecule has 4 fully saturated rings. The van der Waals surface area contributed by atoms with E-state index in [0.717, 1.165) is 25.0 Å². The molecular formula is C15H24O3. The highest BCUT2D eigenvalue weighted by Crippen LogP contribution is 2.41. The molecule has 0 bridgehead atoms. The summed E-state index contributed by atoms with van der Waals surface area (Å²) in [5.74, 6) is 1.62. The first kappa shape index (κ1) is 11.7. The summed E-state index contributed by atoms with van der Waals surface area (Å²) in [4.78, 5) is 0. The number of fused-ring (bicyclic) bond motifs is 2. The lowest BCUT2D eigenvalue weighted by Crippen LogP contribution is -2.20. The molecule has 0 aromatic heterocycles. The summed E-state index contributed by atoms with van der Waals surface area (Å²) in [6, 6.07) is 0. The lowest BCUT2D eigenvalue weighted by molar-refractivity contribution is 0.0755. The molecule has 102 valence electrons. The molecular weight excluding hydrogens is 228 g/mol. The van der Waals surface area contributed by atoms with Gasteiger partial charge < -0.3 is 14.2 Å². The molecule has 2 aliphatic carbocycles. The van der Waals surface area contributed by atoms with Crippen LogP contribution < -0.4 is 0 Å². The third-order valence-corrected chi connectivity index (χ3v) is 5.25. The van der Waals surface area contributed by atoms with E-state index in [4.69, 9.17) is 14.2 Å². The minimum atomic E-state index is 0.592. The van der Waals surface area contributed by atoms with Crippen LogP contribution in [0.4, 0.5) is 0 Å². The SMILES string of the molecule is C(CC1CCC2OC2C1)OCC1CCC2OC2C1. The zero-order chi connectivity index (χ0) is 11.9. The molecule has 0 aromatic rings. The standard InChI is InChI=1S/C15H24O3/c1-3-12-14(17-12)7-10(1)5-6-16-9-11-2-4-13-15(8-11)18-13/h10-15H,1-9H2. The fourth-order valence-electron chi connectivity index (χ4n) is 3.89. The Labute approximate surface area is 109 Å². The predicted molar refractivity (Wildman–Crippen MR) is 67.4 cm³/mol. The van der Waals surface area contributed by atoms with Gasteiger partial charge in [-0.15, -0.1) is 0 Å². The number of hydrogen-bond acceptors (Lipinski definition) is 3. The highest BCUT2D eigenvalue weighted by Gasteiger charge is 2.44. The topological polar surface area (TPSA) is 34.3 Å². The van der Waals surface area contributed by atoms with Crippen molar-refractivity contribution >= 4 is 0 Å². The minimum absolute atomic E-state index is 0.592. The van der Waals surface area contributed by atoms with Gasteiger partial charge in [0.25, 0.3) is 0 Å². The van der Waals surface area contributed by atoms with Crippen molar-refractivity contribution in [1.82, 2.24) is 0 Å². The fourth-order valence-corrected chi connectivity index (χ4v) is 3.89. The highest BCUT2D eigenvalue weighted by molar-refractivity contribution is 4.92. The summed E-state index contributed by atoms with van der Waals surface area (Å²) in [6.45, 7) is 1.91. The van der Waals surface area contributed by atoms with E-state index in [1.807, 2.05) is 0 Å². The first-order valence-corrected chi connectivity index (χ1v) is 7.77. The zero-order valence-electron chi connectivity index (χ0n) is 11.1. The molecule has 0 spiro atoms. The van der Waals surface area contributed by atoms with Crippen LogP contribution in [0, 0.1) is 11.8 Å². The Hall–Kier alpha value is -0.120. The van der Waals surface area contributed by atoms with Crippen LogP contribution in [0.1, 0.15) is 44.9 Å². The van der Waals surface area contributed by atoms with Crippen molar-refractivity contribution in [3.05, 3.63) is 0 Å². The molecule has 0 aromatic carbocycles. The zero-order valence-corrected chi connectivity index (χ0v) is 11.1. The lowest BCUT2D eigenvalue weighted by atomic mass is 9.87. The van der Waals surface area contributed by atoms with Crippen molar-refractivity contribution < 1.29 is 14.2 Å². The van der Waals surface area contributed by atoms with Gasteiger partial charge in [0.15, 0.2) is 0 Å². The Morgan fingerprint density at radius 2 is 1.44 bits per heavy atom. The van der Waals surface area contributed by atoms with Gasteiger partial charge in [-0.2, -0.15) is 0 Å². The van der Waals surface area contributed by atoms with Crippen molar-refractivity contribution in [2.45, 2.75) is 69.4 Å². The first-order chi connectivity index (χ1) is 8.88. The molecule has 4 rings (SSSR count). The molecule has 2 heterocycles. The third-order valence-electron chi connectivity index (χ3n) is 5.25. The van der Waals surface area contributed by atoms with Gasteiger partial charge in [-0.25, -0.2) is 0 Å². The maximum atomic E-state index is 5.90. The van der Waals surface area contributed by atoms with Crippen LogP contribution in [0.2, 0.25) is 0 Å². The van der Waals surface area contributed by atoms with Crippen molar-refractivity contribution in [1.29, 1.82) is 0 Å². The van der Waals surface area contributed by atoms with Gasteiger partial charge in [-0.05, 0) is 56.8 Å². The van der Waals surface area contributed by atoms with Crippen molar-refractivity contribution in [2.24, 2.45) is 11.8 Å². The van der Waals surface area contributed by atoms with E-state index in [9.17, 15) is 0 Å². The number of rotatable bonds is 5. The van der Waals surface area contributed by atoms with Crippen LogP contribution >= 0.6 is 0 Å². The average Bonchev–Trinajstić information content (AvgIpc) is 3.26. The quantitative estimate of drug-likeness (QED) is 0.557. The molecule has 4 aliphatic rings. The molecule has 6 unspecified atom stereocenters. The Morgan fingerprint density at radius 1 is 0.778 bits per heavy atom. The predicted octanol–water partition coefficient (Wildman–Crippen LogP) is 2.53. The summed E-state index contributed by atoms with van der Waals surface area (Å²) < 4.78 is 17.0. The van der Waals surface area contributed by atoms with E-state index < -0.39 is 0 Å². The Morgan fingerprint density at radius 3 is 2.17 bits per heavy atom. The van der Waals surface area contributed by atoms with Crippen LogP contribution in [0.25, 0.3) is 0 Å². The van der Waals surface area contributed by atoms with E-state index in [1.54, 1.807) is 0 Å². The van der Waals surface area contributed by atoms with E-state index in [2.05, 4.69) is 0 Å². The fraction of sp³-hybridized carbons (Fsp3) is 1.00. The van der Waals surface area contributed by atoms with Crippen LogP contribution in [0.15, 0.2) is 0 Å². The molecule has 3 nitrogen and oxygen atoms in total. The van der Waals surface area contributed by atoms with Gasteiger partial charge in [0.1, 0.15) is 0 Å². The van der Waals surface area contributed by atoms with Crippen molar-refractivity contribution in [3.63, 3.8) is 0 Å². The normalized spacial score (nSPS) is 49.3. The minimum Gasteiger partial charge on any atom is -0.381 e. The van der Waals surface area contributed by atoms with Crippen LogP contribution in [0.5, 0.6) is 0 Å². The Balaban J connectivity index is 1.10. The lowest BCUT2D eigenvalue weighted by Gasteiger charge is -2.21. The highest BCUT2D eigenvalue weighted by atomic mass is 16.6. The number of epoxide rings is 2. The number of ether oxygens (including phenoxy) is 3. The molecule has 18 heavy (non-hydrogen) atoms. The maximum Gasteiger partial charge on any atom is 0.0845 e. The van der Waals surface area contributed by atoms with Crippen LogP contribution in [0.3, 0.4) is 0 Å². The second-order valence-corrected chi connectivity index (χ2v) is 6.65. The monoisotopic (exact) mass is 252 g/mol. The first-order valence-electron chi connectivity index (χ1n) is 7.77. The largest absolute Gasteiger partial charge is 0.381 e. The second kappa shape index (κ2) is 4.77. The van der Waals surface area contributed by atoms with Crippen LogP contribution in [-0.2, 0) is 14.2 Å². The van der Waals surface area contributed by atoms with E-state index in [-0.39, 0.29) is 0 Å². The average molecular weight is 252 g/mol. The third kappa shape index (κ3) is 2.59. The molecule has 0 radical (unpaired) electrons. The summed E-state index contributed by atoms with van der Waals surface area (Å²) in [6.07, 6.45) is 11.4. The molecule has 0 N–H and O–H groups in total. The van der Waals surface area contributed by atoms with E-state index in [1.165, 1.54) is 44.9 Å². The summed E-state index contributed by atoms with van der Waals surface area (Å²) in [7, 11) is 0. The van der Waals surface area contributed by atoms with Gasteiger partial charge in [-0.3, -0.25) is 0 Å². The Bertz CT molecular complexity index is 276. The van der Waals surface area contributed by atoms with Gasteiger partial charge >= 0.3 is 0 Å². The molecule has 2 saturated heterocycles. The van der Waals surface area contributed by atoms with Gasteiger partial charge in [0.05, 0.1) is 24.4 Å². The smallest absolute Gasteiger partial charge is 0.0845 e. The van der Waals surface area contributed by atoms with Gasteiger partial charge in [0.2, 0.25) is 0 Å². The van der Waals surface area contributed by atoms with Gasteiger partial charge in [0, 0.05) is 13.2 Å². The van der Waals surface area contributed by atoms with Gasteiger partial charge in [-0.1, -0.05) is 0 Å². The second-order valence-electron chi connectivity index (χ2n) is 6.65. The molecule has 2 saturated carbocycles. The summed E-state index contributed by atoms with van der Waals surface area (Å²) in [5.41, 5.74) is 0. The summed E-state index contributed by atoms with van der Waals surface area (Å²) >= 11 is 0. The Kier molecular flexibility index (Phi) is 3.10. The summed E-state index contributed by atoms with van der Waals surface area (Å²) in [5, 5.41) is 0.